The molecule has 2 aromatic rings. The van der Waals surface area contributed by atoms with Gasteiger partial charge in [-0.2, -0.15) is 0 Å². The first-order valence-corrected chi connectivity index (χ1v) is 7.15. The van der Waals surface area contributed by atoms with Gasteiger partial charge < -0.3 is 0 Å². The topological polar surface area (TPSA) is 38.0 Å². The molecule has 0 fully saturated rings. The Morgan fingerprint density at radius 3 is 2.48 bits per heavy atom. The number of nitrogens with one attached hydrogen (secondary N) is 1. The molecule has 0 saturated carbocycles. The molecule has 7 heteroatoms. The van der Waals surface area contributed by atoms with Gasteiger partial charge in [0.15, 0.2) is 0 Å². The molecule has 0 radical (unpaired) electrons. The van der Waals surface area contributed by atoms with Crippen molar-refractivity contribution in [2.24, 2.45) is 5.84 Å². The highest BCUT2D eigenvalue weighted by atomic mass is 79.9. The molecule has 0 bridgehead atoms. The molecule has 0 amide bonds. The molecular formula is C14H11BrClF3N2. The van der Waals surface area contributed by atoms with Crippen molar-refractivity contribution in [3.05, 3.63) is 68.4 Å². The van der Waals surface area contributed by atoms with Crippen molar-refractivity contribution in [1.82, 2.24) is 5.43 Å². The maximum Gasteiger partial charge on any atom is 0.145 e. The molecule has 112 valence electrons. The van der Waals surface area contributed by atoms with E-state index in [0.29, 0.717) is 0 Å². The SMILES string of the molecule is NNC(Cc1c(F)cccc1Cl)c1c(F)ccc(Br)c1F. The fourth-order valence-electron chi connectivity index (χ4n) is 2.04. The fourth-order valence-corrected chi connectivity index (χ4v) is 2.62. The Kier molecular flexibility index (Phi) is 5.27. The van der Waals surface area contributed by atoms with E-state index in [0.717, 1.165) is 6.07 Å². The zero-order valence-corrected chi connectivity index (χ0v) is 13.0. The van der Waals surface area contributed by atoms with E-state index in [1.165, 1.54) is 24.3 Å². The second kappa shape index (κ2) is 6.79. The maximum absolute atomic E-state index is 14.1. The van der Waals surface area contributed by atoms with E-state index in [-0.39, 0.29) is 27.0 Å². The highest BCUT2D eigenvalue weighted by Crippen LogP contribution is 2.30. The van der Waals surface area contributed by atoms with Crippen molar-refractivity contribution in [3.63, 3.8) is 0 Å². The number of hydrazine groups is 1. The van der Waals surface area contributed by atoms with Crippen LogP contribution in [0.1, 0.15) is 17.2 Å². The molecule has 0 aliphatic carbocycles. The predicted molar refractivity (Wildman–Crippen MR) is 79.2 cm³/mol. The third-order valence-corrected chi connectivity index (χ3v) is 4.07. The first-order valence-electron chi connectivity index (χ1n) is 5.98. The summed E-state index contributed by atoms with van der Waals surface area (Å²) in [5.74, 6) is 3.26. The van der Waals surface area contributed by atoms with E-state index in [9.17, 15) is 13.2 Å². The number of hydrogen-bond acceptors (Lipinski definition) is 2. The lowest BCUT2D eigenvalue weighted by atomic mass is 9.98. The molecule has 2 aromatic carbocycles. The van der Waals surface area contributed by atoms with Crippen molar-refractivity contribution in [2.75, 3.05) is 0 Å². The van der Waals surface area contributed by atoms with Crippen molar-refractivity contribution in [2.45, 2.75) is 12.5 Å². The van der Waals surface area contributed by atoms with Crippen LogP contribution in [0.4, 0.5) is 13.2 Å². The summed E-state index contributed by atoms with van der Waals surface area (Å²) in [7, 11) is 0. The van der Waals surface area contributed by atoms with Crippen LogP contribution < -0.4 is 11.3 Å². The zero-order valence-electron chi connectivity index (χ0n) is 10.6. The van der Waals surface area contributed by atoms with Gasteiger partial charge in [-0.3, -0.25) is 11.3 Å². The van der Waals surface area contributed by atoms with Crippen molar-refractivity contribution >= 4 is 27.5 Å². The normalized spacial score (nSPS) is 12.5. The summed E-state index contributed by atoms with van der Waals surface area (Å²) < 4.78 is 41.9. The van der Waals surface area contributed by atoms with Gasteiger partial charge in [0.2, 0.25) is 0 Å². The third-order valence-electron chi connectivity index (χ3n) is 3.10. The Hall–Kier alpha value is -1.08. The minimum atomic E-state index is -0.961. The van der Waals surface area contributed by atoms with E-state index >= 15 is 0 Å². The number of rotatable bonds is 4. The lowest BCUT2D eigenvalue weighted by Gasteiger charge is -2.19. The summed E-state index contributed by atoms with van der Waals surface area (Å²) in [6.45, 7) is 0. The molecule has 0 aliphatic rings. The van der Waals surface area contributed by atoms with E-state index in [2.05, 4.69) is 21.4 Å². The standard InChI is InChI=1S/C14H11BrClF3N2/c15-8-4-5-11(18)13(14(8)19)12(21-20)6-7-9(16)2-1-3-10(7)17/h1-5,12,21H,6,20H2. The van der Waals surface area contributed by atoms with Gasteiger partial charge in [0.05, 0.1) is 10.5 Å². The van der Waals surface area contributed by atoms with Crippen molar-refractivity contribution < 1.29 is 13.2 Å². The molecule has 0 spiro atoms. The van der Waals surface area contributed by atoms with E-state index in [4.69, 9.17) is 17.4 Å². The molecule has 0 aliphatic heterocycles. The zero-order chi connectivity index (χ0) is 15.6. The van der Waals surface area contributed by atoms with Gasteiger partial charge in [-0.1, -0.05) is 17.7 Å². The summed E-state index contributed by atoms with van der Waals surface area (Å²) in [6, 6.07) is 5.57. The first-order chi connectivity index (χ1) is 9.95. The van der Waals surface area contributed by atoms with Gasteiger partial charge in [-0.15, -0.1) is 0 Å². The number of benzene rings is 2. The second-order valence-electron chi connectivity index (χ2n) is 4.38. The number of halogens is 5. The molecule has 3 N–H and O–H groups in total. The van der Waals surface area contributed by atoms with Crippen LogP contribution in [0.3, 0.4) is 0 Å². The van der Waals surface area contributed by atoms with Gasteiger partial charge in [0.1, 0.15) is 17.5 Å². The molecule has 1 unspecified atom stereocenters. The van der Waals surface area contributed by atoms with Crippen LogP contribution in [0.15, 0.2) is 34.8 Å². The smallest absolute Gasteiger partial charge is 0.145 e. The van der Waals surface area contributed by atoms with Crippen LogP contribution >= 0.6 is 27.5 Å². The lowest BCUT2D eigenvalue weighted by molar-refractivity contribution is 0.464. The highest BCUT2D eigenvalue weighted by Gasteiger charge is 2.23. The summed E-state index contributed by atoms with van der Waals surface area (Å²) in [5, 5.41) is 0.172. The lowest BCUT2D eigenvalue weighted by Crippen LogP contribution is -2.31. The minimum Gasteiger partial charge on any atom is -0.271 e. The molecule has 2 rings (SSSR count). The van der Waals surface area contributed by atoms with Crippen LogP contribution in [0.2, 0.25) is 5.02 Å². The summed E-state index contributed by atoms with van der Waals surface area (Å²) in [4.78, 5) is 0. The molecule has 0 heterocycles. The Labute approximate surface area is 133 Å². The van der Waals surface area contributed by atoms with E-state index < -0.39 is 23.5 Å². The van der Waals surface area contributed by atoms with Gasteiger partial charge >= 0.3 is 0 Å². The fraction of sp³-hybridized carbons (Fsp3) is 0.143. The molecule has 2 nitrogen and oxygen atoms in total. The van der Waals surface area contributed by atoms with E-state index in [1.807, 2.05) is 0 Å². The van der Waals surface area contributed by atoms with Crippen LogP contribution in [0.5, 0.6) is 0 Å². The minimum absolute atomic E-state index is 0.0910. The van der Waals surface area contributed by atoms with Crippen LogP contribution in [0, 0.1) is 17.5 Å². The second-order valence-corrected chi connectivity index (χ2v) is 5.64. The van der Waals surface area contributed by atoms with Gasteiger partial charge in [0.25, 0.3) is 0 Å². The van der Waals surface area contributed by atoms with Crippen molar-refractivity contribution in [3.8, 4) is 0 Å². The molecule has 0 aromatic heterocycles. The number of hydrogen-bond donors (Lipinski definition) is 2. The Bertz CT molecular complexity index is 647. The third kappa shape index (κ3) is 3.40. The highest BCUT2D eigenvalue weighted by molar-refractivity contribution is 9.10. The average molecular weight is 380 g/mol. The van der Waals surface area contributed by atoms with Gasteiger partial charge in [0, 0.05) is 16.1 Å². The maximum atomic E-state index is 14.1. The van der Waals surface area contributed by atoms with Gasteiger partial charge in [-0.25, -0.2) is 13.2 Å². The largest absolute Gasteiger partial charge is 0.271 e. The molecule has 0 saturated heterocycles. The quantitative estimate of drug-likeness (QED) is 0.473. The Balaban J connectivity index is 2.44. The first kappa shape index (κ1) is 16.3. The van der Waals surface area contributed by atoms with Crippen LogP contribution in [0.25, 0.3) is 0 Å². The summed E-state index contributed by atoms with van der Waals surface area (Å²) in [6.07, 6.45) is -0.0910. The average Bonchev–Trinajstić information content (AvgIpc) is 2.45. The summed E-state index contributed by atoms with van der Waals surface area (Å²) in [5.41, 5.74) is 2.17. The molecule has 21 heavy (non-hydrogen) atoms. The van der Waals surface area contributed by atoms with Crippen LogP contribution in [-0.2, 0) is 6.42 Å². The monoisotopic (exact) mass is 378 g/mol. The van der Waals surface area contributed by atoms with Crippen LogP contribution in [-0.4, -0.2) is 0 Å². The number of nitrogens with two attached hydrogens (primary N) is 1. The predicted octanol–water partition coefficient (Wildman–Crippen LogP) is 4.27. The Morgan fingerprint density at radius 2 is 1.86 bits per heavy atom. The molecular weight excluding hydrogens is 369 g/mol. The van der Waals surface area contributed by atoms with Gasteiger partial charge in [-0.05, 0) is 46.6 Å². The van der Waals surface area contributed by atoms with E-state index in [1.54, 1.807) is 0 Å². The Morgan fingerprint density at radius 1 is 1.14 bits per heavy atom. The molecule has 1 atom stereocenters. The summed E-state index contributed by atoms with van der Waals surface area (Å²) >= 11 is 8.91. The van der Waals surface area contributed by atoms with Crippen molar-refractivity contribution in [1.29, 1.82) is 0 Å².